The first-order valence-electron chi connectivity index (χ1n) is 9.62. The van der Waals surface area contributed by atoms with Crippen molar-refractivity contribution in [2.45, 2.75) is 32.4 Å². The summed E-state index contributed by atoms with van der Waals surface area (Å²) in [6.45, 7) is 5.77. The Balaban J connectivity index is 1.40. The van der Waals surface area contributed by atoms with Crippen molar-refractivity contribution in [2.24, 2.45) is 0 Å². The SMILES string of the molecule is Cc1ccc(CSCCNC(=S)Nc2ccc(N3CCCC3=O)c(C)c2)cc1. The second kappa shape index (κ2) is 9.94. The molecule has 1 saturated heterocycles. The molecule has 4 nitrogen and oxygen atoms in total. The minimum absolute atomic E-state index is 0.212. The van der Waals surface area contributed by atoms with Crippen molar-refractivity contribution in [3.05, 3.63) is 59.2 Å². The number of thiocarbonyl (C=S) groups is 1. The van der Waals surface area contributed by atoms with Crippen molar-refractivity contribution in [1.82, 2.24) is 5.32 Å². The van der Waals surface area contributed by atoms with Crippen LogP contribution in [0.25, 0.3) is 0 Å². The summed E-state index contributed by atoms with van der Waals surface area (Å²) in [5, 5.41) is 7.12. The van der Waals surface area contributed by atoms with Gasteiger partial charge in [-0.3, -0.25) is 4.79 Å². The Hall–Kier alpha value is -2.05. The van der Waals surface area contributed by atoms with Crippen LogP contribution in [0.2, 0.25) is 0 Å². The van der Waals surface area contributed by atoms with Crippen LogP contribution in [0.3, 0.4) is 0 Å². The van der Waals surface area contributed by atoms with Crippen molar-refractivity contribution in [2.75, 3.05) is 29.1 Å². The highest BCUT2D eigenvalue weighted by Crippen LogP contribution is 2.27. The molecule has 0 radical (unpaired) electrons. The van der Waals surface area contributed by atoms with Gasteiger partial charge in [-0.2, -0.15) is 11.8 Å². The van der Waals surface area contributed by atoms with Gasteiger partial charge < -0.3 is 15.5 Å². The number of amides is 1. The monoisotopic (exact) mass is 413 g/mol. The second-order valence-corrected chi connectivity index (χ2v) is 8.58. The molecular formula is C22H27N3OS2. The fourth-order valence-corrected chi connectivity index (χ4v) is 4.26. The Morgan fingerprint density at radius 2 is 1.96 bits per heavy atom. The topological polar surface area (TPSA) is 44.4 Å². The fraction of sp³-hybridized carbons (Fsp3) is 0.364. The average molecular weight is 414 g/mol. The number of rotatable bonds is 7. The minimum Gasteiger partial charge on any atom is -0.362 e. The number of carbonyl (C=O) groups is 1. The van der Waals surface area contributed by atoms with E-state index in [-0.39, 0.29) is 5.91 Å². The molecule has 3 rings (SSSR count). The number of carbonyl (C=O) groups excluding carboxylic acids is 1. The molecule has 2 N–H and O–H groups in total. The lowest BCUT2D eigenvalue weighted by molar-refractivity contribution is -0.117. The van der Waals surface area contributed by atoms with Crippen LogP contribution >= 0.6 is 24.0 Å². The third kappa shape index (κ3) is 5.72. The highest BCUT2D eigenvalue weighted by molar-refractivity contribution is 7.98. The number of nitrogens with zero attached hydrogens (tertiary/aromatic N) is 1. The van der Waals surface area contributed by atoms with E-state index in [1.54, 1.807) is 0 Å². The van der Waals surface area contributed by atoms with Gasteiger partial charge in [-0.25, -0.2) is 0 Å². The summed E-state index contributed by atoms with van der Waals surface area (Å²) >= 11 is 7.29. The lowest BCUT2D eigenvalue weighted by Crippen LogP contribution is -2.30. The Labute approximate surface area is 177 Å². The van der Waals surface area contributed by atoms with Gasteiger partial charge in [0.2, 0.25) is 5.91 Å². The molecule has 2 aromatic rings. The highest BCUT2D eigenvalue weighted by Gasteiger charge is 2.22. The molecule has 6 heteroatoms. The van der Waals surface area contributed by atoms with Crippen molar-refractivity contribution >= 4 is 46.4 Å². The normalized spacial score (nSPS) is 13.6. The highest BCUT2D eigenvalue weighted by atomic mass is 32.2. The molecule has 0 aromatic heterocycles. The van der Waals surface area contributed by atoms with Crippen LogP contribution in [0.1, 0.15) is 29.5 Å². The van der Waals surface area contributed by atoms with Gasteiger partial charge >= 0.3 is 0 Å². The number of nitrogens with one attached hydrogen (secondary N) is 2. The van der Waals surface area contributed by atoms with Gasteiger partial charge in [0.15, 0.2) is 5.11 Å². The van der Waals surface area contributed by atoms with Gasteiger partial charge in [-0.1, -0.05) is 29.8 Å². The molecule has 2 aromatic carbocycles. The molecule has 1 heterocycles. The first-order valence-corrected chi connectivity index (χ1v) is 11.2. The van der Waals surface area contributed by atoms with Crippen LogP contribution in [-0.4, -0.2) is 29.9 Å². The predicted molar refractivity (Wildman–Crippen MR) is 124 cm³/mol. The zero-order valence-electron chi connectivity index (χ0n) is 16.5. The van der Waals surface area contributed by atoms with Gasteiger partial charge in [-0.15, -0.1) is 0 Å². The maximum atomic E-state index is 11.9. The summed E-state index contributed by atoms with van der Waals surface area (Å²) in [6, 6.07) is 14.7. The Morgan fingerprint density at radius 1 is 1.18 bits per heavy atom. The molecule has 0 saturated carbocycles. The van der Waals surface area contributed by atoms with E-state index in [2.05, 4.69) is 41.8 Å². The third-order valence-electron chi connectivity index (χ3n) is 4.74. The number of hydrogen-bond acceptors (Lipinski definition) is 3. The van der Waals surface area contributed by atoms with Crippen LogP contribution in [0.15, 0.2) is 42.5 Å². The molecule has 0 unspecified atom stereocenters. The van der Waals surface area contributed by atoms with E-state index in [0.717, 1.165) is 48.0 Å². The lowest BCUT2D eigenvalue weighted by Gasteiger charge is -2.19. The number of thioether (sulfide) groups is 1. The molecule has 28 heavy (non-hydrogen) atoms. The number of benzene rings is 2. The van der Waals surface area contributed by atoms with Crippen molar-refractivity contribution in [1.29, 1.82) is 0 Å². The molecule has 0 aliphatic carbocycles. The summed E-state index contributed by atoms with van der Waals surface area (Å²) in [4.78, 5) is 13.8. The minimum atomic E-state index is 0.212. The van der Waals surface area contributed by atoms with Gasteiger partial charge in [0.1, 0.15) is 0 Å². The second-order valence-electron chi connectivity index (χ2n) is 7.07. The molecule has 1 aliphatic heterocycles. The maximum Gasteiger partial charge on any atom is 0.227 e. The Morgan fingerprint density at radius 3 is 2.64 bits per heavy atom. The van der Waals surface area contributed by atoms with Crippen molar-refractivity contribution in [3.8, 4) is 0 Å². The molecule has 1 aliphatic rings. The standard InChI is InChI=1S/C22H27N3OS2/c1-16-5-7-18(8-6-16)15-28-13-11-23-22(27)24-19-9-10-20(17(2)14-19)25-12-3-4-21(25)26/h5-10,14H,3-4,11-13,15H2,1-2H3,(H2,23,24,27). The molecule has 0 spiro atoms. The molecule has 148 valence electrons. The van der Waals surface area contributed by atoms with Gasteiger partial charge in [0.25, 0.3) is 0 Å². The fourth-order valence-electron chi connectivity index (χ4n) is 3.23. The summed E-state index contributed by atoms with van der Waals surface area (Å²) in [7, 11) is 0. The maximum absolute atomic E-state index is 11.9. The van der Waals surface area contributed by atoms with E-state index in [4.69, 9.17) is 12.2 Å². The molecule has 1 amide bonds. The molecule has 0 atom stereocenters. The average Bonchev–Trinajstić information content (AvgIpc) is 3.09. The number of aryl methyl sites for hydroxylation is 2. The number of hydrogen-bond donors (Lipinski definition) is 2. The lowest BCUT2D eigenvalue weighted by atomic mass is 10.1. The van der Waals surface area contributed by atoms with Crippen molar-refractivity contribution < 1.29 is 4.79 Å². The van der Waals surface area contributed by atoms with E-state index in [9.17, 15) is 4.79 Å². The summed E-state index contributed by atoms with van der Waals surface area (Å²) < 4.78 is 0. The molecule has 1 fully saturated rings. The molecule has 0 bridgehead atoms. The van der Waals surface area contributed by atoms with Crippen molar-refractivity contribution in [3.63, 3.8) is 0 Å². The largest absolute Gasteiger partial charge is 0.362 e. The van der Waals surface area contributed by atoms with Gasteiger partial charge in [0.05, 0.1) is 0 Å². The van der Waals surface area contributed by atoms with Gasteiger partial charge in [-0.05, 0) is 61.8 Å². The summed E-state index contributed by atoms with van der Waals surface area (Å²) in [6.07, 6.45) is 1.59. The van der Waals surface area contributed by atoms with E-state index >= 15 is 0 Å². The first-order chi connectivity index (χ1) is 13.5. The molecular weight excluding hydrogens is 386 g/mol. The first kappa shape index (κ1) is 20.7. The number of anilines is 2. The Kier molecular flexibility index (Phi) is 7.34. The van der Waals surface area contributed by atoms with Crippen LogP contribution < -0.4 is 15.5 Å². The van der Waals surface area contributed by atoms with E-state index < -0.39 is 0 Å². The van der Waals surface area contributed by atoms with Crippen LogP contribution in [0.4, 0.5) is 11.4 Å². The van der Waals surface area contributed by atoms with Gasteiger partial charge in [0, 0.05) is 42.4 Å². The smallest absolute Gasteiger partial charge is 0.227 e. The quantitative estimate of drug-likeness (QED) is 0.511. The van der Waals surface area contributed by atoms with Crippen LogP contribution in [0.5, 0.6) is 0 Å². The summed E-state index contributed by atoms with van der Waals surface area (Å²) in [5.74, 6) is 2.21. The Bertz CT molecular complexity index is 836. The van der Waals surface area contributed by atoms with E-state index in [1.807, 2.05) is 41.8 Å². The predicted octanol–water partition coefficient (Wildman–Crippen LogP) is 4.65. The zero-order chi connectivity index (χ0) is 19.9. The third-order valence-corrected chi connectivity index (χ3v) is 6.02. The van der Waals surface area contributed by atoms with E-state index in [0.29, 0.717) is 11.5 Å². The zero-order valence-corrected chi connectivity index (χ0v) is 18.1. The summed E-state index contributed by atoms with van der Waals surface area (Å²) in [5.41, 5.74) is 5.67. The van der Waals surface area contributed by atoms with Crippen LogP contribution in [0, 0.1) is 13.8 Å². The van der Waals surface area contributed by atoms with E-state index in [1.165, 1.54) is 11.1 Å². The van der Waals surface area contributed by atoms with Crippen LogP contribution in [-0.2, 0) is 10.5 Å².